The quantitative estimate of drug-likeness (QED) is 0.471. The van der Waals surface area contributed by atoms with E-state index in [4.69, 9.17) is 0 Å². The van der Waals surface area contributed by atoms with Crippen LogP contribution in [0.15, 0.2) is 91.2 Å². The first kappa shape index (κ1) is 17.1. The Morgan fingerprint density at radius 1 is 0.760 bits per heavy atom. The number of hydrogen-bond acceptors (Lipinski definition) is 1. The summed E-state index contributed by atoms with van der Waals surface area (Å²) >= 11 is 0. The summed E-state index contributed by atoms with van der Waals surface area (Å²) in [5.41, 5.74) is 3.50. The van der Waals surface area contributed by atoms with Crippen LogP contribution in [-0.2, 0) is 4.57 Å². The molecule has 0 saturated carbocycles. The molecular weight excluding hydrogens is 337 g/mol. The minimum atomic E-state index is -3.39. The van der Waals surface area contributed by atoms with Gasteiger partial charge in [-0.25, -0.2) is 8.78 Å². The molecule has 0 fully saturated rings. The molecule has 0 amide bonds. The maximum atomic E-state index is 14.2. The smallest absolute Gasteiger partial charge is 0.178 e. The Hall–Kier alpha value is -2.73. The summed E-state index contributed by atoms with van der Waals surface area (Å²) in [5, 5.41) is 1.29. The zero-order chi connectivity index (χ0) is 17.9. The first-order valence-corrected chi connectivity index (χ1v) is 9.35. The van der Waals surface area contributed by atoms with Gasteiger partial charge in [-0.3, -0.25) is 0 Å². The number of benzene rings is 3. The van der Waals surface area contributed by atoms with Gasteiger partial charge in [0.25, 0.3) is 0 Å². The monoisotopic (exact) mass is 352 g/mol. The minimum Gasteiger partial charge on any atom is -0.308 e. The summed E-state index contributed by atoms with van der Waals surface area (Å²) in [7, 11) is -3.39. The Morgan fingerprint density at radius 2 is 1.20 bits per heavy atom. The van der Waals surface area contributed by atoms with Crippen LogP contribution >= 0.6 is 7.14 Å². The SMILES string of the molecule is C=C=C(c1ccccc1)P(=O)(c1ccc(F)cc1)c1ccc(F)cc1. The summed E-state index contributed by atoms with van der Waals surface area (Å²) in [6.45, 7) is 3.71. The molecule has 4 heteroatoms. The molecule has 0 unspecified atom stereocenters. The van der Waals surface area contributed by atoms with Gasteiger partial charge in [-0.2, -0.15) is 0 Å². The van der Waals surface area contributed by atoms with Crippen molar-refractivity contribution >= 4 is 23.1 Å². The minimum absolute atomic E-state index is 0.409. The predicted molar refractivity (Wildman–Crippen MR) is 98.7 cm³/mol. The lowest BCUT2D eigenvalue weighted by atomic mass is 10.2. The maximum absolute atomic E-state index is 14.2. The van der Waals surface area contributed by atoms with E-state index in [1.807, 2.05) is 30.3 Å². The van der Waals surface area contributed by atoms with Gasteiger partial charge < -0.3 is 4.57 Å². The zero-order valence-corrected chi connectivity index (χ0v) is 14.2. The largest absolute Gasteiger partial charge is 0.308 e. The van der Waals surface area contributed by atoms with Crippen molar-refractivity contribution < 1.29 is 13.3 Å². The highest BCUT2D eigenvalue weighted by Gasteiger charge is 2.33. The molecule has 0 bridgehead atoms. The third-order valence-electron chi connectivity index (χ3n) is 3.91. The summed E-state index contributed by atoms with van der Waals surface area (Å²) < 4.78 is 40.9. The third kappa shape index (κ3) is 3.25. The molecule has 0 aliphatic rings. The molecule has 0 radical (unpaired) electrons. The third-order valence-corrected chi connectivity index (χ3v) is 7.01. The lowest BCUT2D eigenvalue weighted by Gasteiger charge is -2.21. The van der Waals surface area contributed by atoms with Crippen LogP contribution in [0.5, 0.6) is 0 Å². The van der Waals surface area contributed by atoms with E-state index in [9.17, 15) is 13.3 Å². The molecule has 25 heavy (non-hydrogen) atoms. The summed E-state index contributed by atoms with van der Waals surface area (Å²) in [4.78, 5) is 0. The van der Waals surface area contributed by atoms with E-state index in [-0.39, 0.29) is 0 Å². The van der Waals surface area contributed by atoms with Crippen LogP contribution in [0, 0.1) is 11.6 Å². The van der Waals surface area contributed by atoms with Gasteiger partial charge >= 0.3 is 0 Å². The molecule has 3 aromatic rings. The summed E-state index contributed by atoms with van der Waals surface area (Å²) in [5.74, 6) is -0.837. The molecule has 3 aromatic carbocycles. The van der Waals surface area contributed by atoms with Gasteiger partial charge in [-0.05, 0) is 54.1 Å². The molecule has 0 N–H and O–H groups in total. The van der Waals surface area contributed by atoms with E-state index in [0.29, 0.717) is 21.5 Å². The molecule has 0 saturated heterocycles. The van der Waals surface area contributed by atoms with Crippen molar-refractivity contribution in [2.24, 2.45) is 0 Å². The molecule has 0 aliphatic carbocycles. The van der Waals surface area contributed by atoms with E-state index in [2.05, 4.69) is 12.3 Å². The average molecular weight is 352 g/mol. The van der Waals surface area contributed by atoms with Crippen molar-refractivity contribution in [1.82, 2.24) is 0 Å². The maximum Gasteiger partial charge on any atom is 0.178 e. The van der Waals surface area contributed by atoms with Crippen molar-refractivity contribution in [2.75, 3.05) is 0 Å². The number of rotatable bonds is 4. The van der Waals surface area contributed by atoms with Crippen LogP contribution < -0.4 is 10.6 Å². The Morgan fingerprint density at radius 3 is 1.60 bits per heavy atom. The lowest BCUT2D eigenvalue weighted by molar-refractivity contribution is 0.592. The van der Waals surface area contributed by atoms with Gasteiger partial charge in [-0.1, -0.05) is 36.9 Å². The molecule has 0 aliphatic heterocycles. The van der Waals surface area contributed by atoms with Crippen molar-refractivity contribution in [3.05, 3.63) is 108 Å². The van der Waals surface area contributed by atoms with Crippen molar-refractivity contribution in [1.29, 1.82) is 0 Å². The fourth-order valence-electron chi connectivity index (χ4n) is 2.70. The van der Waals surface area contributed by atoms with Gasteiger partial charge in [0.05, 0.1) is 5.31 Å². The average Bonchev–Trinajstić information content (AvgIpc) is 2.64. The number of halogens is 2. The normalized spacial score (nSPS) is 11.0. The molecule has 124 valence electrons. The summed E-state index contributed by atoms with van der Waals surface area (Å²) in [6.07, 6.45) is 0. The summed E-state index contributed by atoms with van der Waals surface area (Å²) in [6, 6.07) is 20.1. The molecule has 0 spiro atoms. The van der Waals surface area contributed by atoms with Crippen molar-refractivity contribution in [3.8, 4) is 0 Å². The van der Waals surface area contributed by atoms with Crippen LogP contribution in [0.2, 0.25) is 0 Å². The highest BCUT2D eigenvalue weighted by Crippen LogP contribution is 2.56. The topological polar surface area (TPSA) is 17.1 Å². The lowest BCUT2D eigenvalue weighted by Crippen LogP contribution is -2.17. The molecule has 0 heterocycles. The highest BCUT2D eigenvalue weighted by atomic mass is 31.2. The second-order valence-corrected chi connectivity index (χ2v) is 8.15. The van der Waals surface area contributed by atoms with Gasteiger partial charge in [0.2, 0.25) is 0 Å². The van der Waals surface area contributed by atoms with Crippen LogP contribution in [0.1, 0.15) is 5.56 Å². The fraction of sp³-hybridized carbons (Fsp3) is 0. The van der Waals surface area contributed by atoms with Gasteiger partial charge in [0.1, 0.15) is 11.6 Å². The van der Waals surface area contributed by atoms with Gasteiger partial charge in [-0.15, -0.1) is 5.73 Å². The van der Waals surface area contributed by atoms with E-state index < -0.39 is 18.8 Å². The Bertz CT molecular complexity index is 921. The second-order valence-electron chi connectivity index (χ2n) is 5.45. The standard InChI is InChI=1S/C21H15F2OP/c1-2-21(16-6-4-3-5-7-16)25(24,19-12-8-17(22)9-13-19)20-14-10-18(23)11-15-20/h3-15H,1H2. The second kappa shape index (κ2) is 7.03. The van der Waals surface area contributed by atoms with Gasteiger partial charge in [0.15, 0.2) is 7.14 Å². The first-order chi connectivity index (χ1) is 12.1. The van der Waals surface area contributed by atoms with E-state index in [1.165, 1.54) is 48.5 Å². The molecule has 0 atom stereocenters. The zero-order valence-electron chi connectivity index (χ0n) is 13.3. The molecule has 3 rings (SSSR count). The van der Waals surface area contributed by atoms with Crippen LogP contribution in [-0.4, -0.2) is 0 Å². The molecule has 0 aromatic heterocycles. The Balaban J connectivity index is 2.29. The van der Waals surface area contributed by atoms with Crippen molar-refractivity contribution in [2.45, 2.75) is 0 Å². The van der Waals surface area contributed by atoms with Gasteiger partial charge in [0, 0.05) is 10.6 Å². The van der Waals surface area contributed by atoms with E-state index in [0.717, 1.165) is 0 Å². The fourth-order valence-corrected chi connectivity index (χ4v) is 5.39. The predicted octanol–water partition coefficient (Wildman–Crippen LogP) is 5.10. The molecular formula is C21H15F2OP. The van der Waals surface area contributed by atoms with Crippen LogP contribution in [0.25, 0.3) is 5.31 Å². The van der Waals surface area contributed by atoms with Crippen LogP contribution in [0.4, 0.5) is 8.78 Å². The Kier molecular flexibility index (Phi) is 4.81. The highest BCUT2D eigenvalue weighted by molar-refractivity contribution is 7.87. The van der Waals surface area contributed by atoms with Crippen molar-refractivity contribution in [3.63, 3.8) is 0 Å². The Labute approximate surface area is 145 Å². The van der Waals surface area contributed by atoms with Crippen LogP contribution in [0.3, 0.4) is 0 Å². The van der Waals surface area contributed by atoms with E-state index in [1.54, 1.807) is 0 Å². The van der Waals surface area contributed by atoms with E-state index >= 15 is 0 Å². The molecule has 1 nitrogen and oxygen atoms in total. The first-order valence-electron chi connectivity index (χ1n) is 7.64. The number of hydrogen-bond donors (Lipinski definition) is 0.